The fraction of sp³-hybridized carbons (Fsp3) is 0.182. The van der Waals surface area contributed by atoms with Gasteiger partial charge in [0.05, 0.1) is 30.9 Å². The topological polar surface area (TPSA) is 106 Å². The number of carbonyl (C=O) groups excluding carboxylic acids is 3. The number of aryl methyl sites for hydroxylation is 1. The molecule has 0 saturated heterocycles. The summed E-state index contributed by atoms with van der Waals surface area (Å²) in [6, 6.07) is 10.3. The van der Waals surface area contributed by atoms with Crippen LogP contribution in [0.25, 0.3) is 0 Å². The fourth-order valence-electron chi connectivity index (χ4n) is 2.67. The number of rotatable bonds is 7. The van der Waals surface area contributed by atoms with Gasteiger partial charge in [0, 0.05) is 19.4 Å². The van der Waals surface area contributed by atoms with Gasteiger partial charge in [0.15, 0.2) is 0 Å². The lowest BCUT2D eigenvalue weighted by molar-refractivity contribution is 0.0593. The summed E-state index contributed by atoms with van der Waals surface area (Å²) in [5.74, 6) is -0.720. The molecule has 1 heterocycles. The van der Waals surface area contributed by atoms with E-state index in [-0.39, 0.29) is 29.0 Å². The van der Waals surface area contributed by atoms with Crippen molar-refractivity contribution >= 4 is 17.9 Å². The first-order valence-corrected chi connectivity index (χ1v) is 9.14. The zero-order valence-corrected chi connectivity index (χ0v) is 17.2. The second-order valence-corrected chi connectivity index (χ2v) is 6.39. The molecule has 9 heteroatoms. The lowest BCUT2D eigenvalue weighted by Gasteiger charge is -2.10. The van der Waals surface area contributed by atoms with Crippen molar-refractivity contribution in [3.05, 3.63) is 77.4 Å². The van der Waals surface area contributed by atoms with Crippen molar-refractivity contribution in [2.75, 3.05) is 14.2 Å². The van der Waals surface area contributed by atoms with Crippen LogP contribution in [0.5, 0.6) is 11.5 Å². The number of carbonyl (C=O) groups is 3. The average molecular weight is 424 g/mol. The van der Waals surface area contributed by atoms with E-state index >= 15 is 0 Å². The molecule has 0 amide bonds. The van der Waals surface area contributed by atoms with E-state index in [4.69, 9.17) is 9.47 Å². The lowest BCUT2D eigenvalue weighted by Crippen LogP contribution is -2.11. The van der Waals surface area contributed by atoms with Crippen molar-refractivity contribution in [1.29, 1.82) is 0 Å². The highest BCUT2D eigenvalue weighted by atomic mass is 16.5. The molecule has 1 aromatic heterocycles. The Labute approximate surface area is 178 Å². The fourth-order valence-corrected chi connectivity index (χ4v) is 2.67. The van der Waals surface area contributed by atoms with Crippen molar-refractivity contribution in [3.63, 3.8) is 0 Å². The first kappa shape index (κ1) is 21.6. The summed E-state index contributed by atoms with van der Waals surface area (Å²) in [5.41, 5.74) is 0.352. The minimum atomic E-state index is -0.683. The molecule has 0 radical (unpaired) electrons. The molecular formula is C22H20N2O7. The average Bonchev–Trinajstić information content (AvgIpc) is 3.21. The third-order valence-corrected chi connectivity index (χ3v) is 4.34. The summed E-state index contributed by atoms with van der Waals surface area (Å²) in [5, 5.41) is 0. The van der Waals surface area contributed by atoms with Crippen LogP contribution in [0.2, 0.25) is 0 Å². The second-order valence-electron chi connectivity index (χ2n) is 6.39. The number of methoxy groups -OCH3 is 2. The number of aromatic nitrogens is 2. The van der Waals surface area contributed by atoms with Gasteiger partial charge in [-0.15, -0.1) is 0 Å². The Morgan fingerprint density at radius 3 is 1.97 bits per heavy atom. The van der Waals surface area contributed by atoms with E-state index in [2.05, 4.69) is 14.5 Å². The number of hydrogen-bond acceptors (Lipinski definition) is 8. The Bertz CT molecular complexity index is 1070. The summed E-state index contributed by atoms with van der Waals surface area (Å²) >= 11 is 0. The van der Waals surface area contributed by atoms with E-state index in [1.54, 1.807) is 30.5 Å². The molecule has 0 N–H and O–H groups in total. The standard InChI is InChI=1S/C22H20N2O7/c1-24-9-8-23-19(24)13-30-17-6-4-14(5-7-17)22(27)31-18-11-15(20(25)28-2)10-16(12-18)21(26)29-3/h4-12H,13H2,1-3H3. The van der Waals surface area contributed by atoms with Gasteiger partial charge in [-0.3, -0.25) is 0 Å². The van der Waals surface area contributed by atoms with Crippen molar-refractivity contribution in [3.8, 4) is 11.5 Å². The molecule has 0 spiro atoms. The largest absolute Gasteiger partial charge is 0.486 e. The number of esters is 3. The molecule has 0 aliphatic carbocycles. The van der Waals surface area contributed by atoms with Gasteiger partial charge < -0.3 is 23.5 Å². The molecule has 2 aromatic carbocycles. The van der Waals surface area contributed by atoms with Gasteiger partial charge in [0.1, 0.15) is 23.9 Å². The van der Waals surface area contributed by atoms with Gasteiger partial charge in [0.25, 0.3) is 0 Å². The molecule has 0 unspecified atom stereocenters. The third kappa shape index (κ3) is 5.27. The van der Waals surface area contributed by atoms with Crippen LogP contribution in [-0.4, -0.2) is 41.7 Å². The third-order valence-electron chi connectivity index (χ3n) is 4.34. The van der Waals surface area contributed by atoms with E-state index in [0.29, 0.717) is 5.75 Å². The maximum absolute atomic E-state index is 12.5. The maximum Gasteiger partial charge on any atom is 0.343 e. The molecule has 3 aromatic rings. The molecule has 0 atom stereocenters. The molecular weight excluding hydrogens is 404 g/mol. The van der Waals surface area contributed by atoms with E-state index < -0.39 is 17.9 Å². The van der Waals surface area contributed by atoms with E-state index in [1.807, 2.05) is 17.8 Å². The Balaban J connectivity index is 1.72. The van der Waals surface area contributed by atoms with Gasteiger partial charge in [-0.05, 0) is 42.5 Å². The second kappa shape index (κ2) is 9.57. The highest BCUT2D eigenvalue weighted by Crippen LogP contribution is 2.21. The Kier molecular flexibility index (Phi) is 6.66. The monoisotopic (exact) mass is 424 g/mol. The molecule has 0 fully saturated rings. The molecule has 31 heavy (non-hydrogen) atoms. The summed E-state index contributed by atoms with van der Waals surface area (Å²) in [7, 11) is 4.28. The number of hydrogen-bond donors (Lipinski definition) is 0. The highest BCUT2D eigenvalue weighted by Gasteiger charge is 2.17. The van der Waals surface area contributed by atoms with E-state index in [0.717, 1.165) is 5.82 Å². The van der Waals surface area contributed by atoms with Crippen LogP contribution in [-0.2, 0) is 23.1 Å². The molecule has 0 aliphatic rings. The number of ether oxygens (including phenoxy) is 4. The molecule has 0 aliphatic heterocycles. The number of nitrogens with zero attached hydrogens (tertiary/aromatic N) is 2. The first-order valence-electron chi connectivity index (χ1n) is 9.14. The number of imidazole rings is 1. The first-order chi connectivity index (χ1) is 14.9. The summed E-state index contributed by atoms with van der Waals surface area (Å²) in [4.78, 5) is 40.4. The van der Waals surface area contributed by atoms with Gasteiger partial charge in [0.2, 0.25) is 0 Å². The molecule has 9 nitrogen and oxygen atoms in total. The van der Waals surface area contributed by atoms with Crippen molar-refractivity contribution in [1.82, 2.24) is 9.55 Å². The predicted molar refractivity (Wildman–Crippen MR) is 108 cm³/mol. The van der Waals surface area contributed by atoms with Crippen LogP contribution >= 0.6 is 0 Å². The zero-order chi connectivity index (χ0) is 22.4. The minimum absolute atomic E-state index is 0.00316. The highest BCUT2D eigenvalue weighted by molar-refractivity contribution is 5.97. The van der Waals surface area contributed by atoms with Crippen LogP contribution in [0.3, 0.4) is 0 Å². The predicted octanol–water partition coefficient (Wildman–Crippen LogP) is 2.79. The molecule has 3 rings (SSSR count). The van der Waals surface area contributed by atoms with Gasteiger partial charge in [-0.2, -0.15) is 0 Å². The molecule has 0 saturated carbocycles. The normalized spacial score (nSPS) is 10.3. The van der Waals surface area contributed by atoms with Crippen LogP contribution in [0, 0.1) is 0 Å². The Morgan fingerprint density at radius 1 is 0.839 bits per heavy atom. The van der Waals surface area contributed by atoms with Crippen LogP contribution in [0.4, 0.5) is 0 Å². The molecule has 0 bridgehead atoms. The Hall–Kier alpha value is -4.14. The van der Waals surface area contributed by atoms with Crippen molar-refractivity contribution < 1.29 is 33.3 Å². The number of benzene rings is 2. The minimum Gasteiger partial charge on any atom is -0.486 e. The van der Waals surface area contributed by atoms with Gasteiger partial charge in [-0.25, -0.2) is 19.4 Å². The van der Waals surface area contributed by atoms with Crippen LogP contribution in [0.15, 0.2) is 54.9 Å². The SMILES string of the molecule is COC(=O)c1cc(OC(=O)c2ccc(OCc3nccn3C)cc2)cc(C(=O)OC)c1. The summed E-state index contributed by atoms with van der Waals surface area (Å²) in [6.45, 7) is 0.282. The van der Waals surface area contributed by atoms with Crippen molar-refractivity contribution in [2.24, 2.45) is 7.05 Å². The van der Waals surface area contributed by atoms with Gasteiger partial charge >= 0.3 is 17.9 Å². The summed E-state index contributed by atoms with van der Waals surface area (Å²) in [6.07, 6.45) is 3.50. The Morgan fingerprint density at radius 2 is 1.45 bits per heavy atom. The van der Waals surface area contributed by atoms with Gasteiger partial charge in [-0.1, -0.05) is 0 Å². The van der Waals surface area contributed by atoms with E-state index in [9.17, 15) is 14.4 Å². The summed E-state index contributed by atoms with van der Waals surface area (Å²) < 4.78 is 22.2. The zero-order valence-electron chi connectivity index (χ0n) is 17.2. The van der Waals surface area contributed by atoms with E-state index in [1.165, 1.54) is 32.4 Å². The van der Waals surface area contributed by atoms with Crippen LogP contribution in [0.1, 0.15) is 36.9 Å². The lowest BCUT2D eigenvalue weighted by atomic mass is 10.1. The van der Waals surface area contributed by atoms with Crippen LogP contribution < -0.4 is 9.47 Å². The molecule has 160 valence electrons. The van der Waals surface area contributed by atoms with Crippen molar-refractivity contribution in [2.45, 2.75) is 6.61 Å². The smallest absolute Gasteiger partial charge is 0.343 e. The maximum atomic E-state index is 12.5. The quantitative estimate of drug-likeness (QED) is 0.421.